The summed E-state index contributed by atoms with van der Waals surface area (Å²) in [6.45, 7) is -0.563. The molecule has 0 fully saturated rings. The van der Waals surface area contributed by atoms with Crippen molar-refractivity contribution in [2.24, 2.45) is 0 Å². The Morgan fingerprint density at radius 3 is 2.10 bits per heavy atom. The summed E-state index contributed by atoms with van der Waals surface area (Å²) in [4.78, 5) is 8.36. The van der Waals surface area contributed by atoms with Gasteiger partial charge in [0.1, 0.15) is 5.69 Å². The molecular weight excluding hydrogens is 404 g/mol. The van der Waals surface area contributed by atoms with Crippen LogP contribution in [0.3, 0.4) is 0 Å². The molecule has 0 radical (unpaired) electrons. The number of nitrogens with zero attached hydrogens (tertiary/aromatic N) is 4. The second-order valence-corrected chi connectivity index (χ2v) is 6.24. The maximum atomic E-state index is 14.4. The molecule has 2 aromatic carbocycles. The van der Waals surface area contributed by atoms with Gasteiger partial charge in [-0.25, -0.2) is 18.7 Å². The molecule has 0 unspecified atom stereocenters. The fourth-order valence-corrected chi connectivity index (χ4v) is 3.08. The molecule has 30 heavy (non-hydrogen) atoms. The first kappa shape index (κ1) is 19.6. The Kier molecular flexibility index (Phi) is 4.98. The second kappa shape index (κ2) is 7.62. The number of benzene rings is 2. The third kappa shape index (κ3) is 3.10. The molecule has 154 valence electrons. The molecule has 0 saturated heterocycles. The van der Waals surface area contributed by atoms with Crippen molar-refractivity contribution in [2.45, 2.75) is 6.54 Å². The quantitative estimate of drug-likeness (QED) is 0.361. The second-order valence-electron chi connectivity index (χ2n) is 6.24. The molecule has 0 bridgehead atoms. The largest absolute Gasteiger partial charge is 0.494 e. The average molecular weight is 418 g/mol. The summed E-state index contributed by atoms with van der Waals surface area (Å²) in [5, 5.41) is 4.93. The van der Waals surface area contributed by atoms with Crippen molar-refractivity contribution in [3.8, 4) is 23.0 Å². The van der Waals surface area contributed by atoms with Gasteiger partial charge in [-0.3, -0.25) is 4.68 Å². The van der Waals surface area contributed by atoms with E-state index in [9.17, 15) is 17.6 Å². The van der Waals surface area contributed by atoms with Gasteiger partial charge in [-0.1, -0.05) is 18.2 Å². The molecule has 2 heterocycles. The molecule has 0 atom stereocenters. The molecule has 4 aromatic rings. The predicted molar refractivity (Wildman–Crippen MR) is 99.2 cm³/mol. The minimum absolute atomic E-state index is 0.249. The van der Waals surface area contributed by atoms with Gasteiger partial charge in [0.15, 0.2) is 29.0 Å². The van der Waals surface area contributed by atoms with Crippen LogP contribution in [0, 0.1) is 23.3 Å². The first-order valence-corrected chi connectivity index (χ1v) is 8.67. The number of halogens is 4. The van der Waals surface area contributed by atoms with Crippen LogP contribution in [0.1, 0.15) is 5.56 Å². The van der Waals surface area contributed by atoms with E-state index in [2.05, 4.69) is 19.8 Å². The summed E-state index contributed by atoms with van der Waals surface area (Å²) >= 11 is 0. The minimum Gasteiger partial charge on any atom is -0.494 e. The lowest BCUT2D eigenvalue weighted by Crippen LogP contribution is -2.11. The van der Waals surface area contributed by atoms with Crippen molar-refractivity contribution in [3.05, 3.63) is 65.5 Å². The van der Waals surface area contributed by atoms with Crippen molar-refractivity contribution in [1.29, 1.82) is 0 Å². The first-order chi connectivity index (χ1) is 14.5. The highest BCUT2D eigenvalue weighted by Crippen LogP contribution is 2.32. The summed E-state index contributed by atoms with van der Waals surface area (Å²) in [6, 6.07) is 6.82. The number of hydrogen-bond donors (Lipinski definition) is 0. The van der Waals surface area contributed by atoms with E-state index < -0.39 is 41.1 Å². The van der Waals surface area contributed by atoms with E-state index >= 15 is 0 Å². The third-order valence-corrected chi connectivity index (χ3v) is 4.56. The Balaban J connectivity index is 1.85. The van der Waals surface area contributed by atoms with Crippen molar-refractivity contribution < 1.29 is 27.0 Å². The molecular formula is C20H14F4N4O2. The molecule has 4 rings (SSSR count). The van der Waals surface area contributed by atoms with Crippen LogP contribution in [0.15, 0.2) is 36.7 Å². The fraction of sp³-hybridized carbons (Fsp3) is 0.150. The summed E-state index contributed by atoms with van der Waals surface area (Å²) < 4.78 is 67.8. The third-order valence-electron chi connectivity index (χ3n) is 4.56. The van der Waals surface area contributed by atoms with Crippen molar-refractivity contribution in [1.82, 2.24) is 19.7 Å². The SMILES string of the molecule is COc1cnc(-c2nn(Cc3c(F)c(F)c(OC)c(F)c3F)c3ccccc23)nc1. The number of methoxy groups -OCH3 is 2. The van der Waals surface area contributed by atoms with Crippen LogP contribution < -0.4 is 9.47 Å². The van der Waals surface area contributed by atoms with Crippen molar-refractivity contribution in [3.63, 3.8) is 0 Å². The van der Waals surface area contributed by atoms with Gasteiger partial charge in [0.05, 0.1) is 44.2 Å². The Labute approximate surface area is 167 Å². The molecule has 0 spiro atoms. The van der Waals surface area contributed by atoms with Gasteiger partial charge >= 0.3 is 0 Å². The highest BCUT2D eigenvalue weighted by Gasteiger charge is 2.27. The Hall–Kier alpha value is -3.69. The molecule has 0 amide bonds. The summed E-state index contributed by atoms with van der Waals surface area (Å²) in [7, 11) is 2.39. The highest BCUT2D eigenvalue weighted by molar-refractivity contribution is 5.91. The lowest BCUT2D eigenvalue weighted by Gasteiger charge is -2.11. The number of ether oxygens (including phenoxy) is 2. The van der Waals surface area contributed by atoms with Crippen LogP contribution in [0.4, 0.5) is 17.6 Å². The van der Waals surface area contributed by atoms with Crippen molar-refractivity contribution >= 4 is 10.9 Å². The molecule has 0 aliphatic carbocycles. The standard InChI is InChI=1S/C20H14F4N4O2/c1-29-10-7-25-20(26-8-10)18-11-5-3-4-6-13(11)28(27-18)9-12-14(21)16(23)19(30-2)17(24)15(12)22/h3-8H,9H2,1-2H3. The van der Waals surface area contributed by atoms with E-state index in [1.165, 1.54) is 24.2 Å². The topological polar surface area (TPSA) is 62.1 Å². The molecule has 0 aliphatic heterocycles. The number of aromatic nitrogens is 4. The Morgan fingerprint density at radius 2 is 1.50 bits per heavy atom. The van der Waals surface area contributed by atoms with Crippen LogP contribution in [0.5, 0.6) is 11.5 Å². The van der Waals surface area contributed by atoms with Gasteiger partial charge in [0.25, 0.3) is 0 Å². The summed E-state index contributed by atoms with van der Waals surface area (Å²) in [5.41, 5.74) is -0.00729. The van der Waals surface area contributed by atoms with Crippen LogP contribution in [-0.2, 0) is 6.54 Å². The number of fused-ring (bicyclic) bond motifs is 1. The maximum Gasteiger partial charge on any atom is 0.204 e. The van der Waals surface area contributed by atoms with Gasteiger partial charge in [-0.2, -0.15) is 13.9 Å². The zero-order chi connectivity index (χ0) is 21.4. The number of hydrogen-bond acceptors (Lipinski definition) is 5. The van der Waals surface area contributed by atoms with E-state index in [0.29, 0.717) is 22.3 Å². The minimum atomic E-state index is -1.61. The maximum absolute atomic E-state index is 14.4. The number of rotatable bonds is 5. The van der Waals surface area contributed by atoms with E-state index in [-0.39, 0.29) is 5.82 Å². The predicted octanol–water partition coefficient (Wildman–Crippen LogP) is 4.12. The highest BCUT2D eigenvalue weighted by atomic mass is 19.2. The lowest BCUT2D eigenvalue weighted by molar-refractivity contribution is 0.327. The van der Waals surface area contributed by atoms with E-state index in [1.54, 1.807) is 24.3 Å². The molecule has 0 aliphatic rings. The van der Waals surface area contributed by atoms with E-state index in [1.807, 2.05) is 0 Å². The molecule has 6 nitrogen and oxygen atoms in total. The van der Waals surface area contributed by atoms with Crippen LogP contribution in [0.2, 0.25) is 0 Å². The van der Waals surface area contributed by atoms with Crippen LogP contribution in [-0.4, -0.2) is 34.0 Å². The normalized spacial score (nSPS) is 11.1. The summed E-state index contributed by atoms with van der Waals surface area (Å²) in [6.07, 6.45) is 2.90. The number of para-hydroxylation sites is 1. The van der Waals surface area contributed by atoms with Gasteiger partial charge in [-0.15, -0.1) is 0 Å². The van der Waals surface area contributed by atoms with Gasteiger partial charge in [-0.05, 0) is 6.07 Å². The molecule has 2 aromatic heterocycles. The fourth-order valence-electron chi connectivity index (χ4n) is 3.08. The van der Waals surface area contributed by atoms with Crippen molar-refractivity contribution in [2.75, 3.05) is 14.2 Å². The zero-order valence-corrected chi connectivity index (χ0v) is 15.8. The average Bonchev–Trinajstić information content (AvgIpc) is 3.14. The van der Waals surface area contributed by atoms with E-state index in [0.717, 1.165) is 7.11 Å². The molecule has 10 heteroatoms. The van der Waals surface area contributed by atoms with E-state index in [4.69, 9.17) is 4.74 Å². The monoisotopic (exact) mass is 418 g/mol. The van der Waals surface area contributed by atoms with Crippen LogP contribution >= 0.6 is 0 Å². The summed E-state index contributed by atoms with van der Waals surface area (Å²) in [5.74, 6) is -6.75. The smallest absolute Gasteiger partial charge is 0.204 e. The van der Waals surface area contributed by atoms with Gasteiger partial charge in [0, 0.05) is 5.39 Å². The first-order valence-electron chi connectivity index (χ1n) is 8.67. The zero-order valence-electron chi connectivity index (χ0n) is 15.8. The van der Waals surface area contributed by atoms with Gasteiger partial charge < -0.3 is 9.47 Å². The molecule has 0 N–H and O–H groups in total. The molecule has 0 saturated carbocycles. The lowest BCUT2D eigenvalue weighted by atomic mass is 10.1. The van der Waals surface area contributed by atoms with Crippen LogP contribution in [0.25, 0.3) is 22.4 Å². The van der Waals surface area contributed by atoms with Gasteiger partial charge in [0.2, 0.25) is 11.6 Å². The Bertz CT molecular complexity index is 1210. The Morgan fingerprint density at radius 1 is 0.867 bits per heavy atom.